The van der Waals surface area contributed by atoms with Crippen LogP contribution in [0.25, 0.3) is 0 Å². The van der Waals surface area contributed by atoms with E-state index in [0.29, 0.717) is 0 Å². The summed E-state index contributed by atoms with van der Waals surface area (Å²) in [6, 6.07) is 0. The first-order valence-corrected chi connectivity index (χ1v) is 11.7. The Labute approximate surface area is 148 Å². The van der Waals surface area contributed by atoms with Crippen LogP contribution in [-0.4, -0.2) is 0 Å². The Kier molecular flexibility index (Phi) is 0.521. The van der Waals surface area contributed by atoms with Crippen molar-refractivity contribution < 1.29 is 6.51 Å². The van der Waals surface area contributed by atoms with E-state index in [4.69, 9.17) is 0 Å². The van der Waals surface area contributed by atoms with E-state index in [-0.39, 0.29) is 95.9 Å². The van der Waals surface area contributed by atoms with Crippen molar-refractivity contribution in [3.05, 3.63) is 0 Å². The molecule has 1 spiro atoms. The van der Waals surface area contributed by atoms with E-state index in [9.17, 15) is 0 Å². The number of hydrogen-bond acceptors (Lipinski definition) is 0. The third-order valence-electron chi connectivity index (χ3n) is 14.5. The van der Waals surface area contributed by atoms with Crippen LogP contribution in [0.1, 0.15) is 0 Å². The molecule has 0 amide bonds. The summed E-state index contributed by atoms with van der Waals surface area (Å²) >= 11 is 0. The van der Waals surface area contributed by atoms with Gasteiger partial charge in [-0.3, -0.25) is 0 Å². The summed E-state index contributed by atoms with van der Waals surface area (Å²) in [5.41, 5.74) is 0. The first-order valence-electron chi connectivity index (χ1n) is 5.37. The van der Waals surface area contributed by atoms with Crippen molar-refractivity contribution in [1.29, 1.82) is 0 Å². The molecule has 0 saturated carbocycles. The first-order chi connectivity index (χ1) is 5.16. The van der Waals surface area contributed by atoms with Gasteiger partial charge < -0.3 is 0 Å². The van der Waals surface area contributed by atoms with E-state index in [0.717, 1.165) is 0 Å². The Bertz CT molecular complexity index is 585. The van der Waals surface area contributed by atoms with Gasteiger partial charge in [0.1, 0.15) is 0 Å². The summed E-state index contributed by atoms with van der Waals surface area (Å²) in [6.07, 6.45) is 0. The fraction of sp³-hybridized carbons (Fsp3) is 1.00. The molecule has 10 aliphatic heterocycles. The zero-order valence-corrected chi connectivity index (χ0v) is 18.2. The Morgan fingerprint density at radius 2 is 0.467 bits per heavy atom. The first kappa shape index (κ1) is 10.2. The third kappa shape index (κ3) is 0.100. The van der Waals surface area contributed by atoms with E-state index in [2.05, 4.69) is 0 Å². The van der Waals surface area contributed by atoms with Crippen molar-refractivity contribution in [3.8, 4) is 0 Å². The van der Waals surface area contributed by atoms with Crippen LogP contribution < -0.4 is 0 Å². The third-order valence-corrected chi connectivity index (χ3v) is 56.5. The summed E-state index contributed by atoms with van der Waals surface area (Å²) in [6.45, 7) is -2.28. The molecule has 0 bridgehead atoms. The SMILES string of the molecule is I.I.I.I.[CH]12[CH]3[CH]4[CH]5[CH]1[Fe]23451678[CH]2[CH]1[CH]6[CH]7[CH]28. The zero-order valence-electron chi connectivity index (χ0n) is 7.76. The number of hydrogen-bond donors (Lipinski definition) is 0. The summed E-state index contributed by atoms with van der Waals surface area (Å²) in [7, 11) is 0. The zero-order chi connectivity index (χ0) is 6.09. The molecule has 0 nitrogen and oxygen atoms in total. The van der Waals surface area contributed by atoms with Crippen molar-refractivity contribution >= 4 is 95.9 Å². The molecule has 10 rings (SSSR count). The predicted octanol–water partition coefficient (Wildman–Crippen LogP) is 5.85. The monoisotopic (exact) mass is 698 g/mol. The second-order valence-corrected chi connectivity index (χ2v) is 33.5. The normalized spacial score (nSPS) is 125. The van der Waals surface area contributed by atoms with E-state index in [1.54, 1.807) is 48.2 Å². The van der Waals surface area contributed by atoms with E-state index in [1.807, 2.05) is 0 Å². The molecule has 10 heterocycles. The molecule has 10 aliphatic rings. The van der Waals surface area contributed by atoms with Gasteiger partial charge in [-0.2, -0.15) is 0 Å². The van der Waals surface area contributed by atoms with Gasteiger partial charge in [-0.1, -0.05) is 0 Å². The Hall–Kier alpha value is 3.44. The van der Waals surface area contributed by atoms with Gasteiger partial charge >= 0.3 is 54.7 Å². The molecule has 0 atom stereocenters. The average Bonchev–Trinajstić information content (AvgIpc) is 3.01. The van der Waals surface area contributed by atoms with Gasteiger partial charge in [-0.05, 0) is 0 Å². The molecule has 0 aromatic rings. The minimum absolute atomic E-state index is 0. The maximum absolute atomic E-state index is 2.28. The Balaban J connectivity index is 0.000000143. The van der Waals surface area contributed by atoms with Crippen molar-refractivity contribution in [2.45, 2.75) is 48.2 Å². The molecule has 0 aromatic heterocycles. The van der Waals surface area contributed by atoms with E-state index < -0.39 is 6.51 Å². The van der Waals surface area contributed by atoms with E-state index >= 15 is 0 Å². The van der Waals surface area contributed by atoms with Crippen LogP contribution in [0.3, 0.4) is 0 Å². The quantitative estimate of drug-likeness (QED) is 0.221. The molecule has 10 fully saturated rings. The standard InChI is InChI=1S/2C5H5.Fe.4HI/c2*1-2-4-5-3-1;;;;;/h2*1-5H;;4*1H. The van der Waals surface area contributed by atoms with Crippen LogP contribution in [0.2, 0.25) is 48.2 Å². The molecule has 10 saturated heterocycles. The molecule has 0 aromatic carbocycles. The Morgan fingerprint density at radius 3 is 0.467 bits per heavy atom. The van der Waals surface area contributed by atoms with Crippen molar-refractivity contribution in [1.82, 2.24) is 0 Å². The van der Waals surface area contributed by atoms with Gasteiger partial charge in [-0.15, -0.1) is 95.9 Å². The van der Waals surface area contributed by atoms with Gasteiger partial charge in [0.2, 0.25) is 0 Å². The fourth-order valence-corrected chi connectivity index (χ4v) is 88.0. The molecule has 0 radical (unpaired) electrons. The van der Waals surface area contributed by atoms with Gasteiger partial charge in [0, 0.05) is 0 Å². The van der Waals surface area contributed by atoms with Crippen LogP contribution in [0.4, 0.5) is 0 Å². The average molecular weight is 698 g/mol. The molecular formula is C10H14FeI4. The molecule has 0 unspecified atom stereocenters. The maximum atomic E-state index is 1.59. The topological polar surface area (TPSA) is 0 Å². The Morgan fingerprint density at radius 1 is 0.333 bits per heavy atom. The fourth-order valence-electron chi connectivity index (χ4n) is 15.8. The van der Waals surface area contributed by atoms with Crippen LogP contribution in [0.15, 0.2) is 0 Å². The molecule has 90 valence electrons. The summed E-state index contributed by atoms with van der Waals surface area (Å²) in [5, 5.41) is 0. The number of fused-ring (bicyclic) bond motifs is 10. The van der Waals surface area contributed by atoms with Crippen molar-refractivity contribution in [2.75, 3.05) is 0 Å². The molecule has 5 heteroatoms. The summed E-state index contributed by atoms with van der Waals surface area (Å²) in [4.78, 5) is 15.9. The van der Waals surface area contributed by atoms with Crippen LogP contribution in [-0.2, 0) is 6.51 Å². The van der Waals surface area contributed by atoms with E-state index in [1.165, 1.54) is 0 Å². The molecule has 15 heavy (non-hydrogen) atoms. The van der Waals surface area contributed by atoms with Gasteiger partial charge in [0.15, 0.2) is 0 Å². The van der Waals surface area contributed by atoms with Gasteiger partial charge in [0.25, 0.3) is 0 Å². The predicted molar refractivity (Wildman–Crippen MR) is 99.2 cm³/mol. The van der Waals surface area contributed by atoms with Crippen LogP contribution in [0.5, 0.6) is 0 Å². The minimum atomic E-state index is -2.28. The number of halogens is 4. The number of rotatable bonds is 0. The van der Waals surface area contributed by atoms with Crippen molar-refractivity contribution in [3.63, 3.8) is 0 Å². The van der Waals surface area contributed by atoms with Gasteiger partial charge in [0.05, 0.1) is 0 Å². The summed E-state index contributed by atoms with van der Waals surface area (Å²) in [5.74, 6) is 0. The van der Waals surface area contributed by atoms with Crippen molar-refractivity contribution in [2.24, 2.45) is 0 Å². The molecule has 0 aliphatic carbocycles. The molecule has 0 N–H and O–H groups in total. The molecular weight excluding hydrogens is 684 g/mol. The second kappa shape index (κ2) is 0.766. The second-order valence-electron chi connectivity index (χ2n) is 9.58. The van der Waals surface area contributed by atoms with Crippen LogP contribution in [0, 0.1) is 0 Å². The van der Waals surface area contributed by atoms with Crippen LogP contribution >= 0.6 is 95.9 Å². The van der Waals surface area contributed by atoms with Gasteiger partial charge in [-0.25, -0.2) is 0 Å². The summed E-state index contributed by atoms with van der Waals surface area (Å²) < 4.78 is 0.